The van der Waals surface area contributed by atoms with E-state index in [4.69, 9.17) is 4.74 Å². The minimum Gasteiger partial charge on any atom is -0.497 e. The van der Waals surface area contributed by atoms with Crippen molar-refractivity contribution in [2.45, 2.75) is 96.8 Å². The Balaban J connectivity index is 1.35. The van der Waals surface area contributed by atoms with Crippen molar-refractivity contribution in [1.29, 1.82) is 0 Å². The number of carbonyl (C=O) groups is 2. The normalized spacial score (nSPS) is 29.8. The fourth-order valence-corrected chi connectivity index (χ4v) is 7.58. The molecule has 2 saturated carbocycles. The number of ether oxygens (including phenoxy) is 1. The Bertz CT molecular complexity index is 880. The van der Waals surface area contributed by atoms with Crippen LogP contribution >= 0.6 is 0 Å². The monoisotopic (exact) mass is 467 g/mol. The van der Waals surface area contributed by atoms with Crippen molar-refractivity contribution in [3.63, 3.8) is 0 Å². The van der Waals surface area contributed by atoms with Crippen molar-refractivity contribution in [1.82, 2.24) is 4.90 Å². The first-order valence-corrected chi connectivity index (χ1v) is 13.8. The zero-order valence-electron chi connectivity index (χ0n) is 21.9. The van der Waals surface area contributed by atoms with E-state index in [0.717, 1.165) is 76.5 Å². The third-order valence-electron chi connectivity index (χ3n) is 9.52. The summed E-state index contributed by atoms with van der Waals surface area (Å²) in [5, 5.41) is 0. The van der Waals surface area contributed by atoms with Crippen LogP contribution in [0.5, 0.6) is 5.75 Å². The predicted molar refractivity (Wildman–Crippen MR) is 137 cm³/mol. The van der Waals surface area contributed by atoms with E-state index in [2.05, 4.69) is 32.0 Å². The second kappa shape index (κ2) is 10.8. The molecule has 2 fully saturated rings. The topological polar surface area (TPSA) is 46.6 Å². The Morgan fingerprint density at radius 1 is 1.18 bits per heavy atom. The van der Waals surface area contributed by atoms with Crippen LogP contribution in [0.2, 0.25) is 0 Å². The van der Waals surface area contributed by atoms with E-state index in [1.807, 2.05) is 11.9 Å². The number of ketones is 1. The maximum Gasteiger partial charge on any atom is 0.222 e. The molecule has 0 bridgehead atoms. The molecule has 0 unspecified atom stereocenters. The molecule has 0 aromatic heterocycles. The average molecular weight is 468 g/mol. The molecule has 0 spiro atoms. The highest BCUT2D eigenvalue weighted by Gasteiger charge is 2.58. The molecule has 0 heterocycles. The number of fused-ring (bicyclic) bond motifs is 5. The molecule has 0 saturated heterocycles. The molecular weight excluding hydrogens is 422 g/mol. The van der Waals surface area contributed by atoms with Crippen LogP contribution in [-0.2, 0) is 16.0 Å². The second-order valence-corrected chi connectivity index (χ2v) is 11.5. The SMILES string of the molecule is CCCCN(C)C(=O)CCCCC[C@@H]1CC(=O)[C@@]2(C)CC[C@@H]3c4ccc(OC)cc4CC[C@H]3[C@H]12. The van der Waals surface area contributed by atoms with E-state index in [1.54, 1.807) is 7.11 Å². The van der Waals surface area contributed by atoms with Crippen LogP contribution in [0.4, 0.5) is 0 Å². The minimum atomic E-state index is -0.117. The molecule has 34 heavy (non-hydrogen) atoms. The Morgan fingerprint density at radius 2 is 2.00 bits per heavy atom. The molecule has 0 radical (unpaired) electrons. The molecule has 5 atom stereocenters. The van der Waals surface area contributed by atoms with Gasteiger partial charge in [0.15, 0.2) is 0 Å². The summed E-state index contributed by atoms with van der Waals surface area (Å²) in [6, 6.07) is 6.65. The molecule has 0 N–H and O–H groups in total. The van der Waals surface area contributed by atoms with Gasteiger partial charge in [-0.2, -0.15) is 0 Å². The third-order valence-corrected chi connectivity index (χ3v) is 9.52. The standard InChI is InChI=1S/C30H45NO3/c1-5-6-18-31(3)28(33)11-9-7-8-10-22-20-27(32)30(2)17-16-25-24-15-13-23(34-4)19-21(24)12-14-26(25)29(22)30/h13,15,19,22,25-26,29H,5-12,14,16-18,20H2,1-4H3/t22-,25-,26-,29+,30-/m1/s1. The summed E-state index contributed by atoms with van der Waals surface area (Å²) < 4.78 is 5.47. The molecule has 1 aromatic carbocycles. The summed E-state index contributed by atoms with van der Waals surface area (Å²) in [5.74, 6) is 4.03. The van der Waals surface area contributed by atoms with Crippen LogP contribution in [0.25, 0.3) is 0 Å². The molecule has 188 valence electrons. The van der Waals surface area contributed by atoms with Crippen LogP contribution < -0.4 is 4.74 Å². The van der Waals surface area contributed by atoms with E-state index in [-0.39, 0.29) is 11.3 Å². The van der Waals surface area contributed by atoms with Crippen LogP contribution in [0.15, 0.2) is 18.2 Å². The van der Waals surface area contributed by atoms with E-state index < -0.39 is 0 Å². The van der Waals surface area contributed by atoms with Gasteiger partial charge in [0.05, 0.1) is 7.11 Å². The maximum atomic E-state index is 13.2. The maximum absolute atomic E-state index is 13.2. The predicted octanol–water partition coefficient (Wildman–Crippen LogP) is 6.56. The smallest absolute Gasteiger partial charge is 0.222 e. The molecule has 3 aliphatic rings. The lowest BCUT2D eigenvalue weighted by molar-refractivity contribution is -0.130. The summed E-state index contributed by atoms with van der Waals surface area (Å²) >= 11 is 0. The van der Waals surface area contributed by atoms with Gasteiger partial charge >= 0.3 is 0 Å². The van der Waals surface area contributed by atoms with Gasteiger partial charge in [0.25, 0.3) is 0 Å². The van der Waals surface area contributed by atoms with Gasteiger partial charge in [0.1, 0.15) is 11.5 Å². The molecule has 0 aliphatic heterocycles. The van der Waals surface area contributed by atoms with Crippen molar-refractivity contribution >= 4 is 11.7 Å². The number of unbranched alkanes of at least 4 members (excludes halogenated alkanes) is 3. The van der Waals surface area contributed by atoms with E-state index >= 15 is 0 Å². The lowest BCUT2D eigenvalue weighted by atomic mass is 9.54. The summed E-state index contributed by atoms with van der Waals surface area (Å²) in [4.78, 5) is 27.4. The summed E-state index contributed by atoms with van der Waals surface area (Å²) in [6.45, 7) is 5.32. The first kappa shape index (κ1) is 25.3. The van der Waals surface area contributed by atoms with Crippen LogP contribution in [-0.4, -0.2) is 37.3 Å². The Kier molecular flexibility index (Phi) is 8.05. The number of benzene rings is 1. The van der Waals surface area contributed by atoms with Crippen LogP contribution in [0, 0.1) is 23.2 Å². The van der Waals surface area contributed by atoms with E-state index in [9.17, 15) is 9.59 Å². The van der Waals surface area contributed by atoms with Crippen molar-refractivity contribution < 1.29 is 14.3 Å². The Labute approximate surface area is 206 Å². The largest absolute Gasteiger partial charge is 0.497 e. The fourth-order valence-electron chi connectivity index (χ4n) is 7.58. The molecular formula is C30H45NO3. The number of hydrogen-bond donors (Lipinski definition) is 0. The van der Waals surface area contributed by atoms with Crippen molar-refractivity contribution in [3.05, 3.63) is 29.3 Å². The zero-order valence-corrected chi connectivity index (χ0v) is 21.9. The summed E-state index contributed by atoms with van der Waals surface area (Å²) in [5.41, 5.74) is 2.86. The number of nitrogens with zero attached hydrogens (tertiary/aromatic N) is 1. The second-order valence-electron chi connectivity index (χ2n) is 11.5. The van der Waals surface area contributed by atoms with Gasteiger partial charge in [-0.15, -0.1) is 0 Å². The lowest BCUT2D eigenvalue weighted by Crippen LogP contribution is -2.44. The lowest BCUT2D eigenvalue weighted by Gasteiger charge is -2.50. The van der Waals surface area contributed by atoms with Crippen LogP contribution in [0.1, 0.15) is 102 Å². The van der Waals surface area contributed by atoms with Crippen molar-refractivity contribution in [2.75, 3.05) is 20.7 Å². The number of hydrogen-bond acceptors (Lipinski definition) is 3. The van der Waals surface area contributed by atoms with Crippen molar-refractivity contribution in [2.24, 2.45) is 23.2 Å². The first-order chi connectivity index (χ1) is 16.4. The molecule has 4 nitrogen and oxygen atoms in total. The van der Waals surface area contributed by atoms with E-state index in [1.165, 1.54) is 17.5 Å². The average Bonchev–Trinajstić information content (AvgIpc) is 3.11. The highest BCUT2D eigenvalue weighted by Crippen LogP contribution is 2.62. The number of methoxy groups -OCH3 is 1. The van der Waals surface area contributed by atoms with Crippen LogP contribution in [0.3, 0.4) is 0 Å². The third kappa shape index (κ3) is 4.93. The number of amides is 1. The molecule has 3 aliphatic carbocycles. The van der Waals surface area contributed by atoms with Gasteiger partial charge in [0, 0.05) is 31.8 Å². The van der Waals surface area contributed by atoms with Crippen molar-refractivity contribution in [3.8, 4) is 5.75 Å². The molecule has 1 aromatic rings. The van der Waals surface area contributed by atoms with Gasteiger partial charge in [-0.05, 0) is 91.9 Å². The van der Waals surface area contributed by atoms with E-state index in [0.29, 0.717) is 35.9 Å². The highest BCUT2D eigenvalue weighted by molar-refractivity contribution is 5.87. The zero-order chi connectivity index (χ0) is 24.3. The van der Waals surface area contributed by atoms with Gasteiger partial charge in [0.2, 0.25) is 5.91 Å². The highest BCUT2D eigenvalue weighted by atomic mass is 16.5. The fraction of sp³-hybridized carbons (Fsp3) is 0.733. The minimum absolute atomic E-state index is 0.117. The van der Waals surface area contributed by atoms with Gasteiger partial charge in [-0.25, -0.2) is 0 Å². The number of carbonyl (C=O) groups excluding carboxylic acids is 2. The number of aryl methyl sites for hydroxylation is 1. The summed E-state index contributed by atoms with van der Waals surface area (Å²) in [6.07, 6.45) is 12.5. The summed E-state index contributed by atoms with van der Waals surface area (Å²) in [7, 11) is 3.68. The van der Waals surface area contributed by atoms with Gasteiger partial charge in [-0.1, -0.05) is 39.2 Å². The molecule has 4 heteroatoms. The quantitative estimate of drug-likeness (QED) is 0.366. The van der Waals surface area contributed by atoms with Gasteiger partial charge in [-0.3, -0.25) is 9.59 Å². The van der Waals surface area contributed by atoms with Gasteiger partial charge < -0.3 is 9.64 Å². The molecule has 4 rings (SSSR count). The molecule has 1 amide bonds. The number of Topliss-reactive ketones (excluding diaryl/α,β-unsaturated/α-hetero) is 1. The Morgan fingerprint density at radius 3 is 2.76 bits per heavy atom. The first-order valence-electron chi connectivity index (χ1n) is 13.8. The Hall–Kier alpha value is -1.84. The number of rotatable bonds is 10.